The van der Waals surface area contributed by atoms with E-state index >= 15 is 0 Å². The third-order valence-electron chi connectivity index (χ3n) is 2.78. The highest BCUT2D eigenvalue weighted by atomic mass is 19.2. The number of hydrogen-bond donors (Lipinski definition) is 1. The minimum Gasteiger partial charge on any atom is -0.309 e. The van der Waals surface area contributed by atoms with Crippen LogP contribution in [0.1, 0.15) is 16.7 Å². The summed E-state index contributed by atoms with van der Waals surface area (Å²) in [7, 11) is 0. The van der Waals surface area contributed by atoms with Crippen molar-refractivity contribution in [2.45, 2.75) is 20.0 Å². The van der Waals surface area contributed by atoms with E-state index in [0.29, 0.717) is 13.1 Å². The van der Waals surface area contributed by atoms with Crippen LogP contribution in [-0.2, 0) is 13.1 Å². The fourth-order valence-corrected chi connectivity index (χ4v) is 1.67. The lowest BCUT2D eigenvalue weighted by atomic mass is 10.1. The maximum Gasteiger partial charge on any atom is 0.159 e. The maximum atomic E-state index is 13.0. The van der Waals surface area contributed by atoms with Gasteiger partial charge in [-0.3, -0.25) is 4.98 Å². The average molecular weight is 248 g/mol. The van der Waals surface area contributed by atoms with E-state index in [2.05, 4.69) is 10.3 Å². The zero-order valence-corrected chi connectivity index (χ0v) is 10.1. The van der Waals surface area contributed by atoms with Crippen LogP contribution < -0.4 is 5.32 Å². The van der Waals surface area contributed by atoms with Gasteiger partial charge < -0.3 is 5.32 Å². The number of hydrogen-bond acceptors (Lipinski definition) is 2. The highest BCUT2D eigenvalue weighted by molar-refractivity contribution is 5.22. The van der Waals surface area contributed by atoms with E-state index in [9.17, 15) is 8.78 Å². The van der Waals surface area contributed by atoms with Gasteiger partial charge in [0.15, 0.2) is 11.6 Å². The van der Waals surface area contributed by atoms with Gasteiger partial charge in [-0.1, -0.05) is 6.07 Å². The van der Waals surface area contributed by atoms with Gasteiger partial charge in [0.1, 0.15) is 0 Å². The fourth-order valence-electron chi connectivity index (χ4n) is 1.67. The van der Waals surface area contributed by atoms with Crippen molar-refractivity contribution < 1.29 is 8.78 Å². The molecular weight excluding hydrogens is 234 g/mol. The number of nitrogens with zero attached hydrogens (tertiary/aromatic N) is 1. The molecule has 1 heterocycles. The van der Waals surface area contributed by atoms with Crippen molar-refractivity contribution in [3.63, 3.8) is 0 Å². The first-order chi connectivity index (χ1) is 8.66. The highest BCUT2D eigenvalue weighted by Crippen LogP contribution is 2.09. The van der Waals surface area contributed by atoms with Crippen LogP contribution in [0.25, 0.3) is 0 Å². The molecule has 0 aliphatic carbocycles. The quantitative estimate of drug-likeness (QED) is 0.899. The van der Waals surface area contributed by atoms with Gasteiger partial charge >= 0.3 is 0 Å². The molecule has 1 aromatic heterocycles. The molecule has 4 heteroatoms. The van der Waals surface area contributed by atoms with Crippen LogP contribution in [0.4, 0.5) is 8.78 Å². The third-order valence-corrected chi connectivity index (χ3v) is 2.78. The number of pyridine rings is 1. The predicted molar refractivity (Wildman–Crippen MR) is 65.9 cm³/mol. The fraction of sp³-hybridized carbons (Fsp3) is 0.214. The first-order valence-electron chi connectivity index (χ1n) is 5.71. The van der Waals surface area contributed by atoms with E-state index in [1.807, 2.05) is 13.0 Å². The molecule has 0 fully saturated rings. The Kier molecular flexibility index (Phi) is 3.99. The van der Waals surface area contributed by atoms with E-state index in [4.69, 9.17) is 0 Å². The van der Waals surface area contributed by atoms with Crippen LogP contribution in [0.3, 0.4) is 0 Å². The van der Waals surface area contributed by atoms with E-state index < -0.39 is 11.6 Å². The molecule has 0 atom stereocenters. The van der Waals surface area contributed by atoms with Crippen molar-refractivity contribution in [1.82, 2.24) is 10.3 Å². The van der Waals surface area contributed by atoms with Gasteiger partial charge in [-0.25, -0.2) is 8.78 Å². The molecular formula is C14H14F2N2. The largest absolute Gasteiger partial charge is 0.309 e. The zero-order valence-electron chi connectivity index (χ0n) is 10.1. The number of nitrogens with one attached hydrogen (secondary N) is 1. The molecule has 0 spiro atoms. The molecule has 0 amide bonds. The lowest BCUT2D eigenvalue weighted by molar-refractivity contribution is 0.506. The van der Waals surface area contributed by atoms with Crippen LogP contribution in [-0.4, -0.2) is 4.98 Å². The summed E-state index contributed by atoms with van der Waals surface area (Å²) in [5.74, 6) is -1.63. The number of halogens is 2. The van der Waals surface area contributed by atoms with Crippen LogP contribution in [0, 0.1) is 18.6 Å². The maximum absolute atomic E-state index is 13.0. The molecule has 1 N–H and O–H groups in total. The minimum absolute atomic E-state index is 0.492. The molecule has 2 nitrogen and oxygen atoms in total. The summed E-state index contributed by atoms with van der Waals surface area (Å²) in [5, 5.41) is 3.18. The van der Waals surface area contributed by atoms with Gasteiger partial charge in [-0.05, 0) is 41.8 Å². The molecule has 1 aromatic carbocycles. The molecule has 0 bridgehead atoms. The average Bonchev–Trinajstić information content (AvgIpc) is 2.36. The second-order valence-corrected chi connectivity index (χ2v) is 4.15. The Hall–Kier alpha value is -1.81. The lowest BCUT2D eigenvalue weighted by Gasteiger charge is -2.07. The summed E-state index contributed by atoms with van der Waals surface area (Å²) in [6.45, 7) is 3.15. The molecule has 0 aliphatic rings. The summed E-state index contributed by atoms with van der Waals surface area (Å²) in [6.07, 6.45) is 3.54. The Morgan fingerprint density at radius 3 is 2.67 bits per heavy atom. The van der Waals surface area contributed by atoms with Gasteiger partial charge in [0.05, 0.1) is 0 Å². The second kappa shape index (κ2) is 5.69. The Bertz CT molecular complexity index is 541. The minimum atomic E-state index is -0.818. The van der Waals surface area contributed by atoms with Crippen molar-refractivity contribution in [2.24, 2.45) is 0 Å². The van der Waals surface area contributed by atoms with Gasteiger partial charge in [0.2, 0.25) is 0 Å². The standard InChI is InChI=1S/C14H14F2N2/c1-10-4-5-17-8-12(10)9-18-7-11-2-3-13(15)14(16)6-11/h2-6,8,18H,7,9H2,1H3. The van der Waals surface area contributed by atoms with E-state index in [1.54, 1.807) is 18.5 Å². The zero-order chi connectivity index (χ0) is 13.0. The summed E-state index contributed by atoms with van der Waals surface area (Å²) >= 11 is 0. The van der Waals surface area contributed by atoms with Crippen molar-refractivity contribution in [2.75, 3.05) is 0 Å². The monoisotopic (exact) mass is 248 g/mol. The van der Waals surface area contributed by atoms with E-state index in [-0.39, 0.29) is 0 Å². The smallest absolute Gasteiger partial charge is 0.159 e. The topological polar surface area (TPSA) is 24.9 Å². The Balaban J connectivity index is 1.92. The van der Waals surface area contributed by atoms with Gasteiger partial charge in [0.25, 0.3) is 0 Å². The van der Waals surface area contributed by atoms with Crippen LogP contribution in [0.15, 0.2) is 36.7 Å². The molecule has 94 valence electrons. The summed E-state index contributed by atoms with van der Waals surface area (Å²) in [5.41, 5.74) is 2.97. The molecule has 0 radical (unpaired) electrons. The lowest BCUT2D eigenvalue weighted by Crippen LogP contribution is -2.14. The van der Waals surface area contributed by atoms with Gasteiger partial charge in [-0.2, -0.15) is 0 Å². The number of rotatable bonds is 4. The van der Waals surface area contributed by atoms with Gasteiger partial charge in [0, 0.05) is 25.5 Å². The normalized spacial score (nSPS) is 10.6. The third kappa shape index (κ3) is 3.11. The van der Waals surface area contributed by atoms with Crippen molar-refractivity contribution in [1.29, 1.82) is 0 Å². The molecule has 2 rings (SSSR count). The first kappa shape index (κ1) is 12.6. The Morgan fingerprint density at radius 1 is 1.11 bits per heavy atom. The highest BCUT2D eigenvalue weighted by Gasteiger charge is 2.02. The summed E-state index contributed by atoms with van der Waals surface area (Å²) < 4.78 is 25.7. The van der Waals surface area contributed by atoms with Crippen molar-refractivity contribution in [3.05, 3.63) is 65.0 Å². The summed E-state index contributed by atoms with van der Waals surface area (Å²) in [4.78, 5) is 4.05. The molecule has 0 unspecified atom stereocenters. The van der Waals surface area contributed by atoms with Gasteiger partial charge in [-0.15, -0.1) is 0 Å². The van der Waals surface area contributed by atoms with Crippen LogP contribution in [0.5, 0.6) is 0 Å². The van der Waals surface area contributed by atoms with Crippen LogP contribution in [0.2, 0.25) is 0 Å². The molecule has 18 heavy (non-hydrogen) atoms. The number of benzene rings is 1. The van der Waals surface area contributed by atoms with Crippen molar-refractivity contribution in [3.8, 4) is 0 Å². The second-order valence-electron chi connectivity index (χ2n) is 4.15. The SMILES string of the molecule is Cc1ccncc1CNCc1ccc(F)c(F)c1. The molecule has 0 saturated heterocycles. The molecule has 2 aromatic rings. The summed E-state index contributed by atoms with van der Waals surface area (Å²) in [6, 6.07) is 5.86. The Labute approximate surface area is 105 Å². The molecule has 0 aliphatic heterocycles. The predicted octanol–water partition coefficient (Wildman–Crippen LogP) is 2.96. The van der Waals surface area contributed by atoms with Crippen molar-refractivity contribution >= 4 is 0 Å². The molecule has 0 saturated carbocycles. The Morgan fingerprint density at radius 2 is 1.94 bits per heavy atom. The van der Waals surface area contributed by atoms with E-state index in [1.165, 1.54) is 6.07 Å². The van der Waals surface area contributed by atoms with Crippen LogP contribution >= 0.6 is 0 Å². The van der Waals surface area contributed by atoms with E-state index in [0.717, 1.165) is 22.8 Å². The number of aryl methyl sites for hydroxylation is 1. The first-order valence-corrected chi connectivity index (χ1v) is 5.71. The number of aromatic nitrogens is 1.